The summed E-state index contributed by atoms with van der Waals surface area (Å²) in [5, 5.41) is 0. The van der Waals surface area contributed by atoms with E-state index in [0.29, 0.717) is 11.5 Å². The van der Waals surface area contributed by atoms with Crippen LogP contribution >= 0.6 is 0 Å². The molecule has 0 aliphatic heterocycles. The van der Waals surface area contributed by atoms with Crippen molar-refractivity contribution in [2.24, 2.45) is 0 Å². The molecule has 0 fully saturated rings. The number of hydrogen-bond donors (Lipinski definition) is 0. The van der Waals surface area contributed by atoms with E-state index in [1.54, 1.807) is 18.2 Å². The fourth-order valence-electron chi connectivity index (χ4n) is 1.17. The summed E-state index contributed by atoms with van der Waals surface area (Å²) in [6.45, 7) is 0. The van der Waals surface area contributed by atoms with E-state index in [4.69, 9.17) is 9.47 Å². The van der Waals surface area contributed by atoms with Crippen molar-refractivity contribution in [1.29, 1.82) is 0 Å². The number of carbonyl (C=O) groups is 1. The Hall–Kier alpha value is -1.75. The fraction of sp³-hybridized carbons (Fsp3) is 0.300. The fourth-order valence-corrected chi connectivity index (χ4v) is 1.17. The second kappa shape index (κ2) is 5.21. The van der Waals surface area contributed by atoms with Crippen molar-refractivity contribution in [1.82, 2.24) is 0 Å². The molecular weight excluding hydrogens is 200 g/mol. The van der Waals surface area contributed by atoms with Gasteiger partial charge in [0.25, 0.3) is 0 Å². The third kappa shape index (κ3) is 2.38. The minimum absolute atomic E-state index is 0.249. The zero-order chi connectivity index (χ0) is 11.3. The first-order valence-corrected chi connectivity index (χ1v) is 4.20. The Labute approximate surface area is 87.4 Å². The molecule has 0 aliphatic carbocycles. The molecule has 0 aliphatic rings. The van der Waals surface area contributed by atoms with Crippen molar-refractivity contribution >= 4 is 5.97 Å². The van der Waals surface area contributed by atoms with Gasteiger partial charge in [-0.25, -0.2) is 4.79 Å². The largest absolute Gasteiger partial charge is 0.493 e. The highest BCUT2D eigenvalue weighted by Gasteiger charge is 2.17. The van der Waals surface area contributed by atoms with Gasteiger partial charge in [0.15, 0.2) is 11.5 Å². The molecule has 1 aromatic carbocycles. The standard InChI is InChI=1S/C10H12O5/c1-12-8-6-4-5-7(9(8)13-2)10(11)15-14-3/h4-6H,1-3H3. The Morgan fingerprint density at radius 3 is 2.40 bits per heavy atom. The average molecular weight is 212 g/mol. The third-order valence-electron chi connectivity index (χ3n) is 1.78. The third-order valence-corrected chi connectivity index (χ3v) is 1.78. The number of rotatable bonds is 4. The number of carbonyl (C=O) groups excluding carboxylic acids is 1. The maximum absolute atomic E-state index is 11.4. The Bertz CT molecular complexity index is 348. The lowest BCUT2D eigenvalue weighted by Crippen LogP contribution is -2.07. The number of hydrogen-bond acceptors (Lipinski definition) is 5. The first-order valence-electron chi connectivity index (χ1n) is 4.20. The molecule has 0 amide bonds. The zero-order valence-electron chi connectivity index (χ0n) is 8.77. The van der Waals surface area contributed by atoms with Crippen LogP contribution in [0.3, 0.4) is 0 Å². The predicted molar refractivity (Wildman–Crippen MR) is 52.0 cm³/mol. The van der Waals surface area contributed by atoms with E-state index in [1.807, 2.05) is 0 Å². The highest BCUT2D eigenvalue weighted by atomic mass is 17.2. The van der Waals surface area contributed by atoms with E-state index in [0.717, 1.165) is 0 Å². The van der Waals surface area contributed by atoms with Gasteiger partial charge in [-0.15, -0.1) is 0 Å². The van der Waals surface area contributed by atoms with Gasteiger partial charge in [0, 0.05) is 0 Å². The second-order valence-corrected chi connectivity index (χ2v) is 2.58. The van der Waals surface area contributed by atoms with Crippen molar-refractivity contribution in [2.45, 2.75) is 0 Å². The van der Waals surface area contributed by atoms with Crippen LogP contribution in [0.1, 0.15) is 10.4 Å². The highest BCUT2D eigenvalue weighted by molar-refractivity contribution is 5.93. The number of methoxy groups -OCH3 is 2. The van der Waals surface area contributed by atoms with Crippen LogP contribution in [0.4, 0.5) is 0 Å². The van der Waals surface area contributed by atoms with Crippen LogP contribution in [0.2, 0.25) is 0 Å². The van der Waals surface area contributed by atoms with Gasteiger partial charge in [-0.3, -0.25) is 4.89 Å². The van der Waals surface area contributed by atoms with Gasteiger partial charge >= 0.3 is 5.97 Å². The van der Waals surface area contributed by atoms with Gasteiger partial charge in [0.2, 0.25) is 0 Å². The summed E-state index contributed by atoms with van der Waals surface area (Å²) in [6.07, 6.45) is 0. The molecule has 15 heavy (non-hydrogen) atoms. The molecule has 0 N–H and O–H groups in total. The summed E-state index contributed by atoms with van der Waals surface area (Å²) in [7, 11) is 4.19. The number of ether oxygens (including phenoxy) is 2. The molecule has 0 aromatic heterocycles. The Morgan fingerprint density at radius 1 is 1.13 bits per heavy atom. The maximum atomic E-state index is 11.4. The molecule has 0 bridgehead atoms. The second-order valence-electron chi connectivity index (χ2n) is 2.58. The Kier molecular flexibility index (Phi) is 3.93. The quantitative estimate of drug-likeness (QED) is 0.558. The maximum Gasteiger partial charge on any atom is 0.376 e. The average Bonchev–Trinajstić information content (AvgIpc) is 2.28. The summed E-state index contributed by atoms with van der Waals surface area (Å²) in [5.74, 6) is 0.151. The van der Waals surface area contributed by atoms with Gasteiger partial charge < -0.3 is 9.47 Å². The molecule has 0 saturated heterocycles. The van der Waals surface area contributed by atoms with Crippen LogP contribution in [-0.2, 0) is 9.78 Å². The SMILES string of the molecule is COOC(=O)c1cccc(OC)c1OC. The van der Waals surface area contributed by atoms with Crippen LogP contribution < -0.4 is 9.47 Å². The molecular formula is C10H12O5. The molecule has 0 heterocycles. The normalized spacial score (nSPS) is 9.53. The first-order chi connectivity index (χ1) is 7.24. The molecule has 0 atom stereocenters. The van der Waals surface area contributed by atoms with Gasteiger partial charge in [0.1, 0.15) is 5.56 Å². The van der Waals surface area contributed by atoms with Crippen molar-refractivity contribution in [3.63, 3.8) is 0 Å². The van der Waals surface area contributed by atoms with Crippen LogP contribution in [0.5, 0.6) is 11.5 Å². The number of para-hydroxylation sites is 1. The predicted octanol–water partition coefficient (Wildman–Crippen LogP) is 1.42. The van der Waals surface area contributed by atoms with Crippen LogP contribution in [-0.4, -0.2) is 27.3 Å². The van der Waals surface area contributed by atoms with Crippen LogP contribution in [0, 0.1) is 0 Å². The molecule has 1 rings (SSSR count). The topological polar surface area (TPSA) is 54.0 Å². The van der Waals surface area contributed by atoms with E-state index in [1.165, 1.54) is 21.3 Å². The minimum Gasteiger partial charge on any atom is -0.493 e. The molecule has 0 saturated carbocycles. The summed E-state index contributed by atoms with van der Waals surface area (Å²) in [5.41, 5.74) is 0.249. The summed E-state index contributed by atoms with van der Waals surface area (Å²) >= 11 is 0. The van der Waals surface area contributed by atoms with Gasteiger partial charge in [-0.2, -0.15) is 4.89 Å². The van der Waals surface area contributed by atoms with Crippen LogP contribution in [0.25, 0.3) is 0 Å². The van der Waals surface area contributed by atoms with E-state index < -0.39 is 5.97 Å². The molecule has 0 spiro atoms. The lowest BCUT2D eigenvalue weighted by Gasteiger charge is -2.10. The zero-order valence-corrected chi connectivity index (χ0v) is 8.77. The molecule has 0 unspecified atom stereocenters. The van der Waals surface area contributed by atoms with Gasteiger partial charge in [-0.05, 0) is 12.1 Å². The minimum atomic E-state index is -0.631. The molecule has 5 nitrogen and oxygen atoms in total. The molecule has 0 radical (unpaired) electrons. The summed E-state index contributed by atoms with van der Waals surface area (Å²) in [6, 6.07) is 4.90. The van der Waals surface area contributed by atoms with Gasteiger partial charge in [0.05, 0.1) is 21.3 Å². The van der Waals surface area contributed by atoms with Crippen molar-refractivity contribution in [2.75, 3.05) is 21.3 Å². The van der Waals surface area contributed by atoms with Crippen molar-refractivity contribution < 1.29 is 24.0 Å². The summed E-state index contributed by atoms with van der Waals surface area (Å²) in [4.78, 5) is 20.1. The van der Waals surface area contributed by atoms with E-state index in [-0.39, 0.29) is 5.56 Å². The Morgan fingerprint density at radius 2 is 1.87 bits per heavy atom. The monoisotopic (exact) mass is 212 g/mol. The number of benzene rings is 1. The van der Waals surface area contributed by atoms with E-state index >= 15 is 0 Å². The first kappa shape index (κ1) is 11.3. The lowest BCUT2D eigenvalue weighted by molar-refractivity contribution is -0.216. The Balaban J connectivity index is 3.11. The van der Waals surface area contributed by atoms with Crippen molar-refractivity contribution in [3.05, 3.63) is 23.8 Å². The van der Waals surface area contributed by atoms with Crippen molar-refractivity contribution in [3.8, 4) is 11.5 Å². The van der Waals surface area contributed by atoms with Crippen LogP contribution in [0.15, 0.2) is 18.2 Å². The summed E-state index contributed by atoms with van der Waals surface area (Å²) < 4.78 is 10.1. The van der Waals surface area contributed by atoms with E-state index in [2.05, 4.69) is 9.78 Å². The molecule has 1 aromatic rings. The van der Waals surface area contributed by atoms with Gasteiger partial charge in [-0.1, -0.05) is 6.07 Å². The highest BCUT2D eigenvalue weighted by Crippen LogP contribution is 2.30. The van der Waals surface area contributed by atoms with E-state index in [9.17, 15) is 4.79 Å². The smallest absolute Gasteiger partial charge is 0.376 e. The molecule has 5 heteroatoms. The lowest BCUT2D eigenvalue weighted by atomic mass is 10.2. The molecule has 82 valence electrons.